The molecule has 1 atom stereocenters. The van der Waals surface area contributed by atoms with Crippen molar-refractivity contribution in [1.29, 1.82) is 0 Å². The molecule has 4 rings (SSSR count). The first-order valence-electron chi connectivity index (χ1n) is 8.70. The third-order valence-electron chi connectivity index (χ3n) is 4.52. The number of rotatable bonds is 5. The Morgan fingerprint density at radius 1 is 1.11 bits per heavy atom. The average molecular weight is 375 g/mol. The second kappa shape index (κ2) is 7.43. The molecule has 8 heteroatoms. The Kier molecular flexibility index (Phi) is 4.67. The summed E-state index contributed by atoms with van der Waals surface area (Å²) in [4.78, 5) is 12.7. The summed E-state index contributed by atoms with van der Waals surface area (Å²) >= 11 is 0. The van der Waals surface area contributed by atoms with Crippen LogP contribution in [0, 0.1) is 5.82 Å². The third-order valence-corrected chi connectivity index (χ3v) is 4.52. The highest BCUT2D eigenvalue weighted by atomic mass is 19.1. The maximum Gasteiger partial charge on any atom is 0.150 e. The fourth-order valence-corrected chi connectivity index (χ4v) is 3.14. The van der Waals surface area contributed by atoms with Crippen molar-refractivity contribution < 1.29 is 4.39 Å². The number of hydrogen-bond donors (Lipinski definition) is 3. The molecular weight excluding hydrogens is 357 g/mol. The van der Waals surface area contributed by atoms with Gasteiger partial charge in [0.15, 0.2) is 0 Å². The van der Waals surface area contributed by atoms with E-state index in [1.54, 1.807) is 43.1 Å². The van der Waals surface area contributed by atoms with E-state index in [1.165, 1.54) is 12.1 Å². The number of nitrogens with two attached hydrogens (primary N) is 1. The van der Waals surface area contributed by atoms with E-state index in [0.29, 0.717) is 17.5 Å². The van der Waals surface area contributed by atoms with Crippen LogP contribution in [0.25, 0.3) is 11.1 Å². The van der Waals surface area contributed by atoms with E-state index in [4.69, 9.17) is 5.73 Å². The highest BCUT2D eigenvalue weighted by Gasteiger charge is 2.20. The highest BCUT2D eigenvalue weighted by Crippen LogP contribution is 2.37. The van der Waals surface area contributed by atoms with Gasteiger partial charge in [0.25, 0.3) is 0 Å². The normalized spacial score (nSPS) is 11.9. The summed E-state index contributed by atoms with van der Waals surface area (Å²) in [5.41, 5.74) is 9.90. The molecule has 0 radical (unpaired) electrons. The molecule has 4 N–H and O–H groups in total. The van der Waals surface area contributed by atoms with E-state index >= 15 is 0 Å². The first-order valence-corrected chi connectivity index (χ1v) is 8.70. The van der Waals surface area contributed by atoms with Gasteiger partial charge in [-0.05, 0) is 29.3 Å². The Bertz CT molecular complexity index is 1060. The predicted molar refractivity (Wildman–Crippen MR) is 105 cm³/mol. The Morgan fingerprint density at radius 3 is 2.61 bits per heavy atom. The first kappa shape index (κ1) is 17.6. The molecule has 7 nitrogen and oxygen atoms in total. The number of halogens is 1. The minimum atomic E-state index is -0.277. The Labute approximate surface area is 160 Å². The largest absolute Gasteiger partial charge is 0.383 e. The zero-order valence-electron chi connectivity index (χ0n) is 15.1. The van der Waals surface area contributed by atoms with Gasteiger partial charge < -0.3 is 11.1 Å². The molecule has 0 fully saturated rings. The van der Waals surface area contributed by atoms with Crippen molar-refractivity contribution in [3.8, 4) is 11.1 Å². The molecule has 1 unspecified atom stereocenters. The van der Waals surface area contributed by atoms with Gasteiger partial charge in [0.2, 0.25) is 0 Å². The van der Waals surface area contributed by atoms with E-state index in [9.17, 15) is 4.39 Å². The van der Waals surface area contributed by atoms with Gasteiger partial charge in [-0.2, -0.15) is 5.10 Å². The van der Waals surface area contributed by atoms with Crippen LogP contribution in [0.2, 0.25) is 0 Å². The number of nitrogens with one attached hydrogen (secondary N) is 2. The number of benzene rings is 1. The second-order valence-corrected chi connectivity index (χ2v) is 6.33. The molecule has 0 saturated carbocycles. The summed E-state index contributed by atoms with van der Waals surface area (Å²) in [5.74, 6) is 1.11. The van der Waals surface area contributed by atoms with Crippen LogP contribution >= 0.6 is 0 Å². The zero-order chi connectivity index (χ0) is 19.5. The van der Waals surface area contributed by atoms with Crippen molar-refractivity contribution in [3.63, 3.8) is 0 Å². The van der Waals surface area contributed by atoms with Gasteiger partial charge in [0.05, 0.1) is 12.4 Å². The molecule has 0 spiro atoms. The van der Waals surface area contributed by atoms with Crippen LogP contribution in [0.3, 0.4) is 0 Å². The number of hydrogen-bond acceptors (Lipinski definition) is 6. The van der Waals surface area contributed by atoms with Crippen LogP contribution in [0.15, 0.2) is 61.3 Å². The number of pyridine rings is 1. The number of aromatic nitrogens is 5. The summed E-state index contributed by atoms with van der Waals surface area (Å²) in [7, 11) is 0. The molecule has 0 aliphatic rings. The molecule has 0 amide bonds. The van der Waals surface area contributed by atoms with Crippen molar-refractivity contribution in [2.45, 2.75) is 12.8 Å². The number of aromatic amines is 1. The van der Waals surface area contributed by atoms with Gasteiger partial charge in [-0.25, -0.2) is 14.4 Å². The lowest BCUT2D eigenvalue weighted by atomic mass is 9.88. The number of anilines is 3. The van der Waals surface area contributed by atoms with Gasteiger partial charge in [-0.15, -0.1) is 0 Å². The van der Waals surface area contributed by atoms with E-state index in [1.807, 2.05) is 13.0 Å². The smallest absolute Gasteiger partial charge is 0.150 e. The summed E-state index contributed by atoms with van der Waals surface area (Å²) in [6, 6.07) is 8.29. The average Bonchev–Trinajstić information content (AvgIpc) is 3.23. The molecular formula is C20H18FN7. The van der Waals surface area contributed by atoms with Crippen molar-refractivity contribution in [2.75, 3.05) is 11.1 Å². The highest BCUT2D eigenvalue weighted by molar-refractivity contribution is 5.76. The molecule has 0 aliphatic heterocycles. The summed E-state index contributed by atoms with van der Waals surface area (Å²) in [6.07, 6.45) is 8.30. The monoisotopic (exact) mass is 375 g/mol. The maximum atomic E-state index is 13.3. The second-order valence-electron chi connectivity index (χ2n) is 6.33. The van der Waals surface area contributed by atoms with Gasteiger partial charge in [0.1, 0.15) is 23.3 Å². The van der Waals surface area contributed by atoms with Gasteiger partial charge >= 0.3 is 0 Å². The topological polar surface area (TPSA) is 105 Å². The van der Waals surface area contributed by atoms with Crippen LogP contribution in [-0.2, 0) is 0 Å². The van der Waals surface area contributed by atoms with Crippen LogP contribution in [0.1, 0.15) is 24.0 Å². The lowest BCUT2D eigenvalue weighted by Gasteiger charge is -2.20. The lowest BCUT2D eigenvalue weighted by molar-refractivity contribution is 0.626. The maximum absolute atomic E-state index is 13.3. The predicted octanol–water partition coefficient (Wildman–Crippen LogP) is 3.88. The van der Waals surface area contributed by atoms with E-state index in [0.717, 1.165) is 22.3 Å². The molecule has 3 aromatic heterocycles. The van der Waals surface area contributed by atoms with Crippen LogP contribution < -0.4 is 11.1 Å². The third kappa shape index (κ3) is 3.52. The van der Waals surface area contributed by atoms with E-state index in [-0.39, 0.29) is 11.7 Å². The molecule has 0 bridgehead atoms. The van der Waals surface area contributed by atoms with Crippen LogP contribution in [-0.4, -0.2) is 25.1 Å². The molecule has 3 heterocycles. The van der Waals surface area contributed by atoms with E-state index in [2.05, 4.69) is 30.5 Å². The van der Waals surface area contributed by atoms with Gasteiger partial charge in [-0.3, -0.25) is 10.1 Å². The quantitative estimate of drug-likeness (QED) is 0.489. The lowest BCUT2D eigenvalue weighted by Crippen LogP contribution is -2.08. The number of H-pyrrole nitrogens is 1. The Balaban J connectivity index is 1.80. The number of nitrogen functional groups attached to an aromatic ring is 1. The Hall–Kier alpha value is -3.81. The number of nitrogens with zero attached hydrogens (tertiary/aromatic N) is 4. The summed E-state index contributed by atoms with van der Waals surface area (Å²) in [5, 5.41) is 9.99. The van der Waals surface area contributed by atoms with Crippen molar-refractivity contribution in [3.05, 3.63) is 78.3 Å². The molecule has 0 saturated heterocycles. The first-order chi connectivity index (χ1) is 13.6. The van der Waals surface area contributed by atoms with Crippen LogP contribution in [0.5, 0.6) is 0 Å². The molecule has 4 aromatic rings. The van der Waals surface area contributed by atoms with Crippen molar-refractivity contribution >= 4 is 17.5 Å². The Morgan fingerprint density at radius 2 is 1.93 bits per heavy atom. The molecule has 140 valence electrons. The summed E-state index contributed by atoms with van der Waals surface area (Å²) < 4.78 is 13.3. The molecule has 1 aromatic carbocycles. The standard InChI is InChI=1S/C20H18FN7/c1-12(13-2-4-15(21)5-3-13)19-16(14-9-25-26-10-14)8-17(28-20(19)22)27-18-11-23-6-7-24-18/h2-12H,1H3,(H,25,26)(H3,22,24,27,28). The van der Waals surface area contributed by atoms with Gasteiger partial charge in [-0.1, -0.05) is 19.1 Å². The molecule has 0 aliphatic carbocycles. The van der Waals surface area contributed by atoms with Crippen molar-refractivity contribution in [1.82, 2.24) is 25.1 Å². The molecule has 28 heavy (non-hydrogen) atoms. The fraction of sp³-hybridized carbons (Fsp3) is 0.100. The SMILES string of the molecule is CC(c1ccc(F)cc1)c1c(-c2cn[nH]c2)cc(Nc2cnccn2)nc1N. The van der Waals surface area contributed by atoms with Crippen LogP contribution in [0.4, 0.5) is 21.8 Å². The summed E-state index contributed by atoms with van der Waals surface area (Å²) in [6.45, 7) is 2.01. The van der Waals surface area contributed by atoms with Gasteiger partial charge in [0, 0.05) is 35.6 Å². The fourth-order valence-electron chi connectivity index (χ4n) is 3.14. The van der Waals surface area contributed by atoms with Crippen molar-refractivity contribution in [2.24, 2.45) is 0 Å². The minimum absolute atomic E-state index is 0.0939. The zero-order valence-corrected chi connectivity index (χ0v) is 15.1. The van der Waals surface area contributed by atoms with E-state index < -0.39 is 0 Å². The minimum Gasteiger partial charge on any atom is -0.383 e.